The number of furan rings is 1. The van der Waals surface area contributed by atoms with Crippen LogP contribution in [0.1, 0.15) is 16.9 Å². The molecule has 0 atom stereocenters. The molecule has 1 N–H and O–H groups in total. The van der Waals surface area contributed by atoms with Crippen molar-refractivity contribution in [1.29, 1.82) is 0 Å². The molecule has 0 saturated carbocycles. The molecular formula is C14H9BrF3N3O4. The Bertz CT molecular complexity index is 833. The molecule has 1 aromatic heterocycles. The van der Waals surface area contributed by atoms with Crippen LogP contribution in [-0.4, -0.2) is 17.0 Å². The number of halogens is 4. The normalized spacial score (nSPS) is 11.7. The van der Waals surface area contributed by atoms with Crippen LogP contribution in [0.5, 0.6) is 0 Å². The third-order valence-corrected chi connectivity index (χ3v) is 3.36. The van der Waals surface area contributed by atoms with Crippen molar-refractivity contribution in [3.8, 4) is 0 Å². The Kier molecular flexibility index (Phi) is 5.57. The highest BCUT2D eigenvalue weighted by molar-refractivity contribution is 9.10. The highest BCUT2D eigenvalue weighted by Gasteiger charge is 2.33. The van der Waals surface area contributed by atoms with Crippen LogP contribution in [0.4, 0.5) is 18.9 Å². The predicted octanol–water partition coefficient (Wildman–Crippen LogP) is 3.66. The van der Waals surface area contributed by atoms with E-state index in [1.54, 1.807) is 12.1 Å². The summed E-state index contributed by atoms with van der Waals surface area (Å²) in [7, 11) is 0. The highest BCUT2D eigenvalue weighted by Crippen LogP contribution is 2.33. The molecule has 2 rings (SSSR count). The molecule has 1 amide bonds. The fourth-order valence-electron chi connectivity index (χ4n) is 1.84. The van der Waals surface area contributed by atoms with E-state index < -0.39 is 34.7 Å². The average molecular weight is 420 g/mol. The van der Waals surface area contributed by atoms with Crippen LogP contribution in [0, 0.1) is 10.1 Å². The minimum absolute atomic E-state index is 0.161. The van der Waals surface area contributed by atoms with Crippen LogP contribution in [0.15, 0.2) is 44.5 Å². The predicted molar refractivity (Wildman–Crippen MR) is 83.9 cm³/mol. The number of nitrogens with zero attached hydrogens (tertiary/aromatic N) is 2. The standard InChI is InChI=1S/C14H9BrF3N3O4/c15-12-4-3-10(25-12)7-19-20-13(22)5-8-1-2-9(14(16,17)18)6-11(8)21(23)24/h1-4,6-7H,5H2,(H,20,22)/b19-7-. The molecule has 2 aromatic rings. The van der Waals surface area contributed by atoms with Crippen LogP contribution in [0.2, 0.25) is 0 Å². The minimum atomic E-state index is -4.72. The first-order valence-electron chi connectivity index (χ1n) is 6.58. The van der Waals surface area contributed by atoms with Crippen LogP contribution < -0.4 is 5.43 Å². The van der Waals surface area contributed by atoms with E-state index in [0.29, 0.717) is 22.6 Å². The second-order valence-electron chi connectivity index (χ2n) is 4.71. The molecule has 0 aliphatic carbocycles. The fourth-order valence-corrected chi connectivity index (χ4v) is 2.16. The van der Waals surface area contributed by atoms with Crippen LogP contribution >= 0.6 is 15.9 Å². The molecule has 0 fully saturated rings. The molecule has 11 heteroatoms. The molecular weight excluding hydrogens is 411 g/mol. The van der Waals surface area contributed by atoms with Gasteiger partial charge in [0, 0.05) is 11.6 Å². The van der Waals surface area contributed by atoms with Crippen LogP contribution in [-0.2, 0) is 17.4 Å². The van der Waals surface area contributed by atoms with Crippen LogP contribution in [0.25, 0.3) is 0 Å². The van der Waals surface area contributed by atoms with Gasteiger partial charge < -0.3 is 4.42 Å². The number of rotatable bonds is 5. The number of nitrogens with one attached hydrogen (secondary N) is 1. The zero-order chi connectivity index (χ0) is 18.6. The van der Waals surface area contributed by atoms with Crippen molar-refractivity contribution in [3.63, 3.8) is 0 Å². The molecule has 0 aliphatic heterocycles. The minimum Gasteiger partial charge on any atom is -0.448 e. The van der Waals surface area contributed by atoms with Gasteiger partial charge in [0.15, 0.2) is 4.67 Å². The smallest absolute Gasteiger partial charge is 0.416 e. The Morgan fingerprint density at radius 2 is 2.08 bits per heavy atom. The van der Waals surface area contributed by atoms with Gasteiger partial charge in [0.25, 0.3) is 5.69 Å². The van der Waals surface area contributed by atoms with Gasteiger partial charge in [-0.15, -0.1) is 0 Å². The van der Waals surface area contributed by atoms with Crippen molar-refractivity contribution in [2.45, 2.75) is 12.6 Å². The maximum Gasteiger partial charge on any atom is 0.416 e. The van der Waals surface area contributed by atoms with Crippen molar-refractivity contribution in [2.24, 2.45) is 5.10 Å². The first kappa shape index (κ1) is 18.6. The molecule has 0 unspecified atom stereocenters. The van der Waals surface area contributed by atoms with E-state index >= 15 is 0 Å². The number of amides is 1. The summed E-state index contributed by atoms with van der Waals surface area (Å²) in [6.45, 7) is 0. The number of nitro benzene ring substituents is 1. The number of benzene rings is 1. The van der Waals surface area contributed by atoms with Gasteiger partial charge in [0.05, 0.1) is 23.1 Å². The van der Waals surface area contributed by atoms with Gasteiger partial charge in [0.1, 0.15) is 5.76 Å². The molecule has 0 radical (unpaired) electrons. The van der Waals surface area contributed by atoms with Crippen molar-refractivity contribution >= 4 is 33.7 Å². The van der Waals surface area contributed by atoms with Crippen LogP contribution in [0.3, 0.4) is 0 Å². The number of hydrogen-bond donors (Lipinski definition) is 1. The number of carbonyl (C=O) groups excluding carboxylic acids is 1. The second kappa shape index (κ2) is 7.47. The molecule has 0 spiro atoms. The highest BCUT2D eigenvalue weighted by atomic mass is 79.9. The summed E-state index contributed by atoms with van der Waals surface area (Å²) in [6, 6.07) is 5.15. The molecule has 0 saturated heterocycles. The quantitative estimate of drug-likeness (QED) is 0.454. The SMILES string of the molecule is O=C(Cc1ccc(C(F)(F)F)cc1[N+](=O)[O-])N/N=C\c1ccc(Br)o1. The molecule has 25 heavy (non-hydrogen) atoms. The van der Waals surface area contributed by atoms with Gasteiger partial charge in [-0.05, 0) is 34.1 Å². The lowest BCUT2D eigenvalue weighted by Gasteiger charge is -2.08. The Balaban J connectivity index is 2.09. The number of alkyl halides is 3. The van der Waals surface area contributed by atoms with E-state index in [1.165, 1.54) is 6.21 Å². The first-order valence-corrected chi connectivity index (χ1v) is 7.38. The summed E-state index contributed by atoms with van der Waals surface area (Å²) in [6.07, 6.45) is -4.02. The summed E-state index contributed by atoms with van der Waals surface area (Å²) in [4.78, 5) is 21.7. The molecule has 0 bridgehead atoms. The fraction of sp³-hybridized carbons (Fsp3) is 0.143. The van der Waals surface area contributed by atoms with E-state index in [1.807, 2.05) is 0 Å². The Morgan fingerprint density at radius 1 is 1.36 bits per heavy atom. The maximum atomic E-state index is 12.6. The number of nitro groups is 1. The zero-order valence-electron chi connectivity index (χ0n) is 12.2. The summed E-state index contributed by atoms with van der Waals surface area (Å²) in [5.74, 6) is -0.391. The third-order valence-electron chi connectivity index (χ3n) is 2.94. The lowest BCUT2D eigenvalue weighted by molar-refractivity contribution is -0.385. The van der Waals surface area contributed by atoms with E-state index in [9.17, 15) is 28.1 Å². The number of hydrazone groups is 1. The zero-order valence-corrected chi connectivity index (χ0v) is 13.8. The van der Waals surface area contributed by atoms with E-state index in [4.69, 9.17) is 4.42 Å². The molecule has 0 aliphatic rings. The van der Waals surface area contributed by atoms with Gasteiger partial charge in [0.2, 0.25) is 5.91 Å². The molecule has 1 heterocycles. The number of carbonyl (C=O) groups is 1. The summed E-state index contributed by atoms with van der Waals surface area (Å²) in [5.41, 5.74) is -0.000721. The van der Waals surface area contributed by atoms with E-state index in [-0.39, 0.29) is 5.56 Å². The summed E-state index contributed by atoms with van der Waals surface area (Å²) in [5, 5.41) is 14.5. The van der Waals surface area contributed by atoms with Crippen molar-refractivity contribution < 1.29 is 27.3 Å². The second-order valence-corrected chi connectivity index (χ2v) is 5.49. The average Bonchev–Trinajstić information content (AvgIpc) is 2.91. The van der Waals surface area contributed by atoms with E-state index in [2.05, 4.69) is 26.5 Å². The lowest BCUT2D eigenvalue weighted by Crippen LogP contribution is -2.20. The monoisotopic (exact) mass is 419 g/mol. The van der Waals surface area contributed by atoms with Crippen molar-refractivity contribution in [3.05, 3.63) is 62.0 Å². The maximum absolute atomic E-state index is 12.6. The van der Waals surface area contributed by atoms with Gasteiger partial charge in [-0.2, -0.15) is 18.3 Å². The van der Waals surface area contributed by atoms with Crippen molar-refractivity contribution in [1.82, 2.24) is 5.43 Å². The molecule has 7 nitrogen and oxygen atoms in total. The van der Waals surface area contributed by atoms with E-state index in [0.717, 1.165) is 6.07 Å². The first-order chi connectivity index (χ1) is 11.7. The van der Waals surface area contributed by atoms with Gasteiger partial charge in [-0.25, -0.2) is 5.43 Å². The Morgan fingerprint density at radius 3 is 2.64 bits per heavy atom. The Hall–Kier alpha value is -2.69. The number of hydrogen-bond acceptors (Lipinski definition) is 5. The van der Waals surface area contributed by atoms with Gasteiger partial charge >= 0.3 is 6.18 Å². The Labute approximate surface area is 146 Å². The van der Waals surface area contributed by atoms with Crippen molar-refractivity contribution in [2.75, 3.05) is 0 Å². The topological polar surface area (TPSA) is 97.7 Å². The van der Waals surface area contributed by atoms with Gasteiger partial charge in [-0.3, -0.25) is 14.9 Å². The summed E-state index contributed by atoms with van der Waals surface area (Å²) < 4.78 is 43.4. The largest absolute Gasteiger partial charge is 0.448 e. The molecule has 132 valence electrons. The molecule has 1 aromatic carbocycles. The third kappa shape index (κ3) is 5.14. The summed E-state index contributed by atoms with van der Waals surface area (Å²) >= 11 is 3.08. The lowest BCUT2D eigenvalue weighted by atomic mass is 10.1. The van der Waals surface area contributed by atoms with Gasteiger partial charge in [-0.1, -0.05) is 6.07 Å².